The molecule has 0 aliphatic heterocycles. The van der Waals surface area contributed by atoms with Crippen molar-refractivity contribution in [3.05, 3.63) is 57.8 Å². The predicted molar refractivity (Wildman–Crippen MR) is 75.9 cm³/mol. The van der Waals surface area contributed by atoms with Gasteiger partial charge in [-0.05, 0) is 23.1 Å². The molecule has 3 nitrogen and oxygen atoms in total. The molecule has 0 atom stereocenters. The lowest BCUT2D eigenvalue weighted by Gasteiger charge is -2.06. The number of carbonyl (C=O) groups excluding carboxylic acids is 1. The molecule has 1 aromatic carbocycles. The van der Waals surface area contributed by atoms with Gasteiger partial charge in [-0.15, -0.1) is 11.3 Å². The minimum atomic E-state index is -0.171. The van der Waals surface area contributed by atoms with E-state index in [1.807, 2.05) is 35.7 Å². The van der Waals surface area contributed by atoms with Crippen LogP contribution in [0.3, 0.4) is 0 Å². The van der Waals surface area contributed by atoms with Crippen LogP contribution in [0.4, 0.5) is 0 Å². The second kappa shape index (κ2) is 6.74. The molecular weight excluding hydrogens is 258 g/mol. The lowest BCUT2D eigenvalue weighted by molar-refractivity contribution is 0.0955. The number of thiophene rings is 1. The Balaban J connectivity index is 2.05. The Kier molecular flexibility index (Phi) is 4.73. The predicted octanol–water partition coefficient (Wildman–Crippen LogP) is 2.02. The van der Waals surface area contributed by atoms with Gasteiger partial charge < -0.3 is 10.4 Å². The van der Waals surface area contributed by atoms with E-state index in [4.69, 9.17) is 5.11 Å². The van der Waals surface area contributed by atoms with E-state index in [9.17, 15) is 4.79 Å². The third kappa shape index (κ3) is 3.68. The fraction of sp³-hybridized carbons (Fsp3) is 0.133. The van der Waals surface area contributed by atoms with Gasteiger partial charge in [-0.2, -0.15) is 0 Å². The number of amides is 1. The van der Waals surface area contributed by atoms with Crippen molar-refractivity contribution in [3.8, 4) is 11.8 Å². The minimum absolute atomic E-state index is 0.0834. The van der Waals surface area contributed by atoms with E-state index in [2.05, 4.69) is 17.2 Å². The molecule has 0 saturated carbocycles. The Morgan fingerprint density at radius 2 is 2.11 bits per heavy atom. The van der Waals surface area contributed by atoms with Crippen LogP contribution in [0, 0.1) is 11.8 Å². The van der Waals surface area contributed by atoms with E-state index in [-0.39, 0.29) is 12.5 Å². The minimum Gasteiger partial charge on any atom is -0.384 e. The molecule has 0 bridgehead atoms. The molecule has 96 valence electrons. The van der Waals surface area contributed by atoms with Crippen LogP contribution in [0.15, 0.2) is 41.8 Å². The molecular formula is C15H13NO2S. The summed E-state index contributed by atoms with van der Waals surface area (Å²) in [5.74, 6) is 5.40. The Bertz CT molecular complexity index is 609. The van der Waals surface area contributed by atoms with Gasteiger partial charge in [-0.3, -0.25) is 4.79 Å². The van der Waals surface area contributed by atoms with Crippen LogP contribution in [0.1, 0.15) is 20.8 Å². The van der Waals surface area contributed by atoms with Gasteiger partial charge in [0.05, 0.1) is 4.88 Å². The summed E-state index contributed by atoms with van der Waals surface area (Å²) in [6.45, 7) is 0.253. The molecule has 0 saturated heterocycles. The fourth-order valence-corrected chi connectivity index (χ4v) is 2.24. The van der Waals surface area contributed by atoms with Crippen LogP contribution >= 0.6 is 11.3 Å². The molecule has 2 N–H and O–H groups in total. The maximum atomic E-state index is 11.8. The zero-order valence-electron chi connectivity index (χ0n) is 10.2. The normalized spacial score (nSPS) is 9.53. The van der Waals surface area contributed by atoms with Gasteiger partial charge in [0, 0.05) is 12.1 Å². The van der Waals surface area contributed by atoms with Crippen molar-refractivity contribution in [3.63, 3.8) is 0 Å². The van der Waals surface area contributed by atoms with Crippen molar-refractivity contribution in [2.24, 2.45) is 0 Å². The average molecular weight is 271 g/mol. The number of aliphatic hydroxyl groups excluding tert-OH is 1. The van der Waals surface area contributed by atoms with Crippen LogP contribution in [0.2, 0.25) is 0 Å². The molecule has 1 amide bonds. The lowest BCUT2D eigenvalue weighted by Crippen LogP contribution is -2.22. The topological polar surface area (TPSA) is 49.3 Å². The van der Waals surface area contributed by atoms with Gasteiger partial charge in [0.25, 0.3) is 5.91 Å². The summed E-state index contributed by atoms with van der Waals surface area (Å²) in [5.41, 5.74) is 1.76. The number of carbonyl (C=O) groups is 1. The lowest BCUT2D eigenvalue weighted by atomic mass is 10.1. The molecule has 0 aliphatic carbocycles. The van der Waals surface area contributed by atoms with Crippen molar-refractivity contribution in [1.29, 1.82) is 0 Å². The molecule has 2 rings (SSSR count). The number of hydrogen-bond donors (Lipinski definition) is 2. The molecule has 0 fully saturated rings. The van der Waals surface area contributed by atoms with Crippen molar-refractivity contribution in [1.82, 2.24) is 5.32 Å². The smallest absolute Gasteiger partial charge is 0.261 e. The molecule has 2 aromatic rings. The Labute approximate surface area is 115 Å². The monoisotopic (exact) mass is 271 g/mol. The van der Waals surface area contributed by atoms with Crippen molar-refractivity contribution >= 4 is 17.2 Å². The summed E-state index contributed by atoms with van der Waals surface area (Å²) in [4.78, 5) is 12.5. The standard InChI is InChI=1S/C15H13NO2S/c17-9-3-7-12-5-1-2-6-13(12)11-16-15(18)14-8-4-10-19-14/h1-2,4-6,8,10,17H,9,11H2,(H,16,18). The first-order valence-electron chi connectivity index (χ1n) is 5.80. The summed E-state index contributed by atoms with van der Waals surface area (Å²) in [6.07, 6.45) is 0. The van der Waals surface area contributed by atoms with E-state index in [1.54, 1.807) is 6.07 Å². The van der Waals surface area contributed by atoms with E-state index in [0.29, 0.717) is 11.4 Å². The Hall–Kier alpha value is -2.09. The maximum absolute atomic E-state index is 11.8. The highest BCUT2D eigenvalue weighted by Crippen LogP contribution is 2.10. The maximum Gasteiger partial charge on any atom is 0.261 e. The van der Waals surface area contributed by atoms with Crippen molar-refractivity contribution in [2.45, 2.75) is 6.54 Å². The van der Waals surface area contributed by atoms with Gasteiger partial charge >= 0.3 is 0 Å². The Morgan fingerprint density at radius 3 is 2.84 bits per heavy atom. The fourth-order valence-electron chi connectivity index (χ4n) is 1.60. The van der Waals surface area contributed by atoms with Crippen LogP contribution in [0.5, 0.6) is 0 Å². The quantitative estimate of drug-likeness (QED) is 0.839. The number of rotatable bonds is 3. The molecule has 0 radical (unpaired) electrons. The number of aliphatic hydroxyl groups is 1. The highest BCUT2D eigenvalue weighted by molar-refractivity contribution is 7.12. The highest BCUT2D eigenvalue weighted by Gasteiger charge is 2.06. The van der Waals surface area contributed by atoms with Crippen LogP contribution < -0.4 is 5.32 Å². The van der Waals surface area contributed by atoms with Gasteiger partial charge in [0.1, 0.15) is 6.61 Å². The molecule has 1 heterocycles. The van der Waals surface area contributed by atoms with Gasteiger partial charge in [-0.1, -0.05) is 36.1 Å². The second-order valence-corrected chi connectivity index (χ2v) is 4.72. The van der Waals surface area contributed by atoms with Gasteiger partial charge in [0.15, 0.2) is 0 Å². The molecule has 0 unspecified atom stereocenters. The zero-order valence-corrected chi connectivity index (χ0v) is 11.0. The first-order chi connectivity index (χ1) is 9.31. The first kappa shape index (κ1) is 13.3. The van der Waals surface area contributed by atoms with Gasteiger partial charge in [-0.25, -0.2) is 0 Å². The van der Waals surface area contributed by atoms with Crippen molar-refractivity contribution in [2.75, 3.05) is 6.61 Å². The third-order valence-electron chi connectivity index (χ3n) is 2.50. The molecule has 0 aliphatic rings. The van der Waals surface area contributed by atoms with Crippen LogP contribution in [0.25, 0.3) is 0 Å². The summed E-state index contributed by atoms with van der Waals surface area (Å²) in [7, 11) is 0. The highest BCUT2D eigenvalue weighted by atomic mass is 32.1. The summed E-state index contributed by atoms with van der Waals surface area (Å²) in [5, 5.41) is 13.4. The first-order valence-corrected chi connectivity index (χ1v) is 6.68. The average Bonchev–Trinajstić information content (AvgIpc) is 2.97. The molecule has 4 heteroatoms. The van der Waals surface area contributed by atoms with E-state index < -0.39 is 0 Å². The van der Waals surface area contributed by atoms with E-state index in [0.717, 1.165) is 11.1 Å². The second-order valence-electron chi connectivity index (χ2n) is 3.78. The number of hydrogen-bond acceptors (Lipinski definition) is 3. The number of nitrogens with one attached hydrogen (secondary N) is 1. The SMILES string of the molecule is O=C(NCc1ccccc1C#CCO)c1cccs1. The van der Waals surface area contributed by atoms with E-state index in [1.165, 1.54) is 11.3 Å². The van der Waals surface area contributed by atoms with Crippen LogP contribution in [-0.2, 0) is 6.54 Å². The van der Waals surface area contributed by atoms with Crippen molar-refractivity contribution < 1.29 is 9.90 Å². The summed E-state index contributed by atoms with van der Waals surface area (Å²) < 4.78 is 0. The largest absolute Gasteiger partial charge is 0.384 e. The summed E-state index contributed by atoms with van der Waals surface area (Å²) in [6, 6.07) is 11.2. The number of benzene rings is 1. The van der Waals surface area contributed by atoms with Crippen LogP contribution in [-0.4, -0.2) is 17.6 Å². The molecule has 19 heavy (non-hydrogen) atoms. The molecule has 1 aromatic heterocycles. The van der Waals surface area contributed by atoms with Gasteiger partial charge in [0.2, 0.25) is 0 Å². The summed E-state index contributed by atoms with van der Waals surface area (Å²) >= 11 is 1.41. The Morgan fingerprint density at radius 1 is 1.26 bits per heavy atom. The zero-order chi connectivity index (χ0) is 13.5. The van der Waals surface area contributed by atoms with E-state index >= 15 is 0 Å². The molecule has 0 spiro atoms. The third-order valence-corrected chi connectivity index (χ3v) is 3.37.